The molecule has 30 heavy (non-hydrogen) atoms. The van der Waals surface area contributed by atoms with Crippen LogP contribution >= 0.6 is 0 Å². The van der Waals surface area contributed by atoms with Crippen molar-refractivity contribution < 1.29 is 24.2 Å². The van der Waals surface area contributed by atoms with Crippen LogP contribution in [0.15, 0.2) is 48.2 Å². The average molecular weight is 411 g/mol. The van der Waals surface area contributed by atoms with Gasteiger partial charge in [0.1, 0.15) is 11.8 Å². The first-order chi connectivity index (χ1) is 14.4. The number of benzene rings is 1. The topological polar surface area (TPSA) is 92.2 Å². The zero-order chi connectivity index (χ0) is 21.8. The normalized spacial score (nSPS) is 18.2. The Morgan fingerprint density at radius 1 is 1.13 bits per heavy atom. The maximum atomic E-state index is 12.9. The second-order valence-electron chi connectivity index (χ2n) is 7.12. The zero-order valence-electron chi connectivity index (χ0n) is 17.5. The second-order valence-corrected chi connectivity index (χ2v) is 7.12. The van der Waals surface area contributed by atoms with Gasteiger partial charge in [0.15, 0.2) is 11.5 Å². The summed E-state index contributed by atoms with van der Waals surface area (Å²) in [4.78, 5) is 33.5. The minimum atomic E-state index is -0.778. The summed E-state index contributed by atoms with van der Waals surface area (Å²) in [6.07, 6.45) is 1.60. The van der Waals surface area contributed by atoms with E-state index in [2.05, 4.69) is 4.98 Å². The highest BCUT2D eigenvalue weighted by Gasteiger charge is 2.46. The Morgan fingerprint density at radius 3 is 2.47 bits per heavy atom. The van der Waals surface area contributed by atoms with Gasteiger partial charge in [0.2, 0.25) is 0 Å². The van der Waals surface area contributed by atoms with Gasteiger partial charge in [-0.1, -0.05) is 6.07 Å². The molecule has 0 bridgehead atoms. The van der Waals surface area contributed by atoms with Gasteiger partial charge in [0, 0.05) is 24.8 Å². The van der Waals surface area contributed by atoms with Crippen LogP contribution in [0.5, 0.6) is 11.5 Å². The Labute approximate surface area is 175 Å². The van der Waals surface area contributed by atoms with Crippen molar-refractivity contribution in [2.24, 2.45) is 0 Å². The summed E-state index contributed by atoms with van der Waals surface area (Å²) in [5.41, 5.74) is 0.862. The Bertz CT molecular complexity index is 972. The number of carbonyl (C=O) groups is 2. The fourth-order valence-electron chi connectivity index (χ4n) is 3.40. The van der Waals surface area contributed by atoms with E-state index in [-0.39, 0.29) is 11.3 Å². The van der Waals surface area contributed by atoms with Gasteiger partial charge < -0.3 is 24.4 Å². The molecule has 3 rings (SSSR count). The van der Waals surface area contributed by atoms with Gasteiger partial charge >= 0.3 is 0 Å². The van der Waals surface area contributed by atoms with Crippen molar-refractivity contribution in [1.82, 2.24) is 14.8 Å². The molecule has 8 nitrogen and oxygen atoms in total. The summed E-state index contributed by atoms with van der Waals surface area (Å²) in [6.45, 7) is 0.883. The van der Waals surface area contributed by atoms with Crippen LogP contribution in [0.2, 0.25) is 0 Å². The number of hydrogen-bond acceptors (Lipinski definition) is 7. The molecule has 0 unspecified atom stereocenters. The fourth-order valence-corrected chi connectivity index (χ4v) is 3.40. The number of Topliss-reactive ketones (excluding diaryl/α,β-unsaturated/α-hetero) is 1. The van der Waals surface area contributed by atoms with E-state index in [0.29, 0.717) is 35.8 Å². The third-order valence-electron chi connectivity index (χ3n) is 4.95. The molecule has 1 aliphatic heterocycles. The van der Waals surface area contributed by atoms with E-state index in [1.807, 2.05) is 19.0 Å². The third-order valence-corrected chi connectivity index (χ3v) is 4.95. The first-order valence-electron chi connectivity index (χ1n) is 9.45. The standard InChI is InChI=1S/C22H25N3O5/c1-24(2)11-12-25-19(15-7-5-6-10-23-15)18(21(27)22(25)28)20(26)14-8-9-16(29-3)17(13-14)30-4/h5-10,13,19,26H,11-12H2,1-4H3/b20-18+/t19-/m1/s1. The molecule has 2 aromatic rings. The van der Waals surface area contributed by atoms with Gasteiger partial charge in [0.25, 0.3) is 11.7 Å². The number of ether oxygens (including phenoxy) is 2. The van der Waals surface area contributed by atoms with Crippen molar-refractivity contribution in [2.45, 2.75) is 6.04 Å². The largest absolute Gasteiger partial charge is 0.507 e. The number of aromatic nitrogens is 1. The van der Waals surface area contributed by atoms with Crippen molar-refractivity contribution in [2.75, 3.05) is 41.4 Å². The van der Waals surface area contributed by atoms with Crippen molar-refractivity contribution in [3.63, 3.8) is 0 Å². The molecule has 1 saturated heterocycles. The molecule has 1 N–H and O–H groups in total. The lowest BCUT2D eigenvalue weighted by Crippen LogP contribution is -2.35. The Morgan fingerprint density at radius 2 is 1.87 bits per heavy atom. The number of aliphatic hydroxyl groups excluding tert-OH is 1. The van der Waals surface area contributed by atoms with Crippen molar-refractivity contribution >= 4 is 17.4 Å². The van der Waals surface area contributed by atoms with Gasteiger partial charge in [-0.2, -0.15) is 0 Å². The lowest BCUT2D eigenvalue weighted by molar-refractivity contribution is -0.140. The predicted octanol–water partition coefficient (Wildman–Crippen LogP) is 2.08. The highest BCUT2D eigenvalue weighted by Crippen LogP contribution is 2.39. The van der Waals surface area contributed by atoms with Gasteiger partial charge in [-0.05, 0) is 44.4 Å². The number of carbonyl (C=O) groups excluding carboxylic acids is 2. The minimum absolute atomic E-state index is 0.00433. The van der Waals surface area contributed by atoms with Crippen LogP contribution in [0.1, 0.15) is 17.3 Å². The number of hydrogen-bond donors (Lipinski definition) is 1. The summed E-state index contributed by atoms with van der Waals surface area (Å²) in [6, 6.07) is 9.30. The summed E-state index contributed by atoms with van der Waals surface area (Å²) in [7, 11) is 6.76. The van der Waals surface area contributed by atoms with Gasteiger partial charge in [-0.15, -0.1) is 0 Å². The fraction of sp³-hybridized carbons (Fsp3) is 0.318. The van der Waals surface area contributed by atoms with Gasteiger partial charge in [-0.25, -0.2) is 0 Å². The van der Waals surface area contributed by atoms with E-state index in [4.69, 9.17) is 9.47 Å². The highest BCUT2D eigenvalue weighted by atomic mass is 16.5. The molecule has 1 amide bonds. The van der Waals surface area contributed by atoms with Crippen LogP contribution in [0.4, 0.5) is 0 Å². The molecule has 158 valence electrons. The summed E-state index contributed by atoms with van der Waals surface area (Å²) >= 11 is 0. The van der Waals surface area contributed by atoms with Gasteiger partial charge in [-0.3, -0.25) is 14.6 Å². The number of rotatable bonds is 7. The first kappa shape index (κ1) is 21.3. The van der Waals surface area contributed by atoms with Gasteiger partial charge in [0.05, 0.1) is 25.5 Å². The maximum absolute atomic E-state index is 12.9. The van der Waals surface area contributed by atoms with Crippen LogP contribution in [0, 0.1) is 0 Å². The minimum Gasteiger partial charge on any atom is -0.507 e. The maximum Gasteiger partial charge on any atom is 0.295 e. The van der Waals surface area contributed by atoms with Crippen molar-refractivity contribution in [1.29, 1.82) is 0 Å². The molecule has 1 aromatic heterocycles. The molecule has 0 radical (unpaired) electrons. The van der Waals surface area contributed by atoms with E-state index >= 15 is 0 Å². The number of aliphatic hydroxyl groups is 1. The zero-order valence-corrected chi connectivity index (χ0v) is 17.5. The van der Waals surface area contributed by atoms with E-state index in [0.717, 1.165) is 0 Å². The quantitative estimate of drug-likeness (QED) is 0.424. The van der Waals surface area contributed by atoms with E-state index in [1.54, 1.807) is 42.6 Å². The van der Waals surface area contributed by atoms with Crippen LogP contribution in [0.25, 0.3) is 5.76 Å². The molecule has 8 heteroatoms. The second kappa shape index (κ2) is 8.96. The van der Waals surface area contributed by atoms with Crippen molar-refractivity contribution in [3.8, 4) is 11.5 Å². The van der Waals surface area contributed by atoms with Crippen LogP contribution < -0.4 is 9.47 Å². The molecular formula is C22H25N3O5. The molecule has 2 heterocycles. The smallest absolute Gasteiger partial charge is 0.295 e. The number of ketones is 1. The number of likely N-dealkylation sites (N-methyl/N-ethyl adjacent to an activating group) is 1. The lowest BCUT2D eigenvalue weighted by atomic mass is 9.98. The summed E-state index contributed by atoms with van der Waals surface area (Å²) in [5, 5.41) is 11.1. The average Bonchev–Trinajstić information content (AvgIpc) is 3.01. The van der Waals surface area contributed by atoms with Crippen LogP contribution in [-0.4, -0.2) is 73.0 Å². The number of pyridine rings is 1. The SMILES string of the molecule is COc1ccc(/C(O)=C2\C(=O)C(=O)N(CCN(C)C)[C@@H]2c2ccccn2)cc1OC. The molecule has 1 atom stereocenters. The number of nitrogens with zero attached hydrogens (tertiary/aromatic N) is 3. The molecule has 0 saturated carbocycles. The lowest BCUT2D eigenvalue weighted by Gasteiger charge is -2.25. The van der Waals surface area contributed by atoms with Crippen LogP contribution in [0.3, 0.4) is 0 Å². The first-order valence-corrected chi connectivity index (χ1v) is 9.45. The Balaban J connectivity index is 2.14. The van der Waals surface area contributed by atoms with E-state index in [1.165, 1.54) is 19.1 Å². The third kappa shape index (κ3) is 3.99. The predicted molar refractivity (Wildman–Crippen MR) is 111 cm³/mol. The molecule has 0 aliphatic carbocycles. The molecule has 1 fully saturated rings. The number of methoxy groups -OCH3 is 2. The Hall–Kier alpha value is -3.39. The Kier molecular flexibility index (Phi) is 6.37. The molecule has 0 spiro atoms. The molecule has 1 aromatic carbocycles. The number of likely N-dealkylation sites (tertiary alicyclic amines) is 1. The van der Waals surface area contributed by atoms with E-state index < -0.39 is 17.7 Å². The molecular weight excluding hydrogens is 386 g/mol. The summed E-state index contributed by atoms with van der Waals surface area (Å²) < 4.78 is 10.5. The molecule has 1 aliphatic rings. The number of amides is 1. The van der Waals surface area contributed by atoms with Crippen LogP contribution in [-0.2, 0) is 9.59 Å². The summed E-state index contributed by atoms with van der Waals surface area (Å²) in [5.74, 6) is -0.789. The van der Waals surface area contributed by atoms with E-state index in [9.17, 15) is 14.7 Å². The highest BCUT2D eigenvalue weighted by molar-refractivity contribution is 6.46. The van der Waals surface area contributed by atoms with Crippen molar-refractivity contribution in [3.05, 3.63) is 59.4 Å². The monoisotopic (exact) mass is 411 g/mol.